The zero-order valence-corrected chi connectivity index (χ0v) is 23.2. The zero-order chi connectivity index (χ0) is 24.8. The van der Waals surface area contributed by atoms with Crippen molar-refractivity contribution in [3.8, 4) is 5.75 Å². The zero-order valence-electron chi connectivity index (χ0n) is 22.3. The number of rotatable bonds is 3. The van der Waals surface area contributed by atoms with Crippen molar-refractivity contribution in [3.05, 3.63) is 41.5 Å². The Labute approximate surface area is 212 Å². The number of hydrogen-bond donors (Lipinski definition) is 0. The standard InChI is InChI=1S/C30H43O4P/c1-22-19-26-25-18-17-23(30(2,3)4)21-27(25)33-35(34-29(26)28(20-22)31-5)32-24-15-13-11-9-7-6-8-10-12-14-16-24/h17-21,24H,6-16H2,1-5H3. The minimum atomic E-state index is -1.60. The molecule has 0 bridgehead atoms. The number of aryl methyl sites for hydroxylation is 1. The van der Waals surface area contributed by atoms with Crippen molar-refractivity contribution in [2.75, 3.05) is 7.11 Å². The third kappa shape index (κ3) is 6.86. The van der Waals surface area contributed by atoms with Gasteiger partial charge in [-0.25, -0.2) is 0 Å². The molecule has 1 saturated carbocycles. The van der Waals surface area contributed by atoms with Crippen molar-refractivity contribution >= 4 is 30.2 Å². The molecular formula is C30H43O4P. The normalized spacial score (nSPS) is 17.7. The summed E-state index contributed by atoms with van der Waals surface area (Å²) in [6, 6.07) is 10.7. The summed E-state index contributed by atoms with van der Waals surface area (Å²) < 4.78 is 25.5. The minimum absolute atomic E-state index is 0.0236. The number of ether oxygens (including phenoxy) is 1. The highest BCUT2D eigenvalue weighted by molar-refractivity contribution is 7.31. The molecule has 1 fully saturated rings. The Morgan fingerprint density at radius 2 is 1.43 bits per heavy atom. The van der Waals surface area contributed by atoms with Gasteiger partial charge < -0.3 is 13.1 Å². The highest BCUT2D eigenvalue weighted by Gasteiger charge is 2.19. The molecule has 1 atom stereocenters. The first-order valence-corrected chi connectivity index (χ1v) is 14.6. The van der Waals surface area contributed by atoms with E-state index in [4.69, 9.17) is 17.7 Å². The molecule has 0 aliphatic heterocycles. The highest BCUT2D eigenvalue weighted by atomic mass is 31.1. The van der Waals surface area contributed by atoms with E-state index in [0.29, 0.717) is 0 Å². The van der Waals surface area contributed by atoms with Crippen LogP contribution in [0.1, 0.15) is 103 Å². The molecule has 5 heteroatoms. The first-order valence-electron chi connectivity index (χ1n) is 13.5. The molecule has 0 amide bonds. The van der Waals surface area contributed by atoms with E-state index >= 15 is 0 Å². The Bertz CT molecular complexity index is 1150. The van der Waals surface area contributed by atoms with Gasteiger partial charge in [-0.2, -0.15) is 0 Å². The fourth-order valence-corrected chi connectivity index (χ4v) is 6.27. The van der Waals surface area contributed by atoms with Crippen LogP contribution < -0.4 is 9.26 Å². The third-order valence-electron chi connectivity index (χ3n) is 7.18. The van der Waals surface area contributed by atoms with E-state index in [1.807, 2.05) is 6.07 Å². The summed E-state index contributed by atoms with van der Waals surface area (Å²) in [4.78, 5) is 0. The summed E-state index contributed by atoms with van der Waals surface area (Å²) >= 11 is 0. The van der Waals surface area contributed by atoms with E-state index in [1.165, 1.54) is 63.4 Å². The van der Waals surface area contributed by atoms with Crippen molar-refractivity contribution < 1.29 is 17.7 Å². The number of hydrogen-bond acceptors (Lipinski definition) is 4. The van der Waals surface area contributed by atoms with Crippen LogP contribution in [0.2, 0.25) is 0 Å². The SMILES string of the molecule is COc1cc(C)cc2c1op(OC1CCCCCCCCCCC1)oc1cc(C(C)(C)C)ccc12. The second kappa shape index (κ2) is 11.9. The van der Waals surface area contributed by atoms with Crippen LogP contribution >= 0.6 is 8.24 Å². The Hall–Kier alpha value is -1.90. The summed E-state index contributed by atoms with van der Waals surface area (Å²) in [5.41, 5.74) is 3.94. The van der Waals surface area contributed by atoms with Crippen LogP contribution in [0.5, 0.6) is 5.75 Å². The van der Waals surface area contributed by atoms with Crippen molar-refractivity contribution in [1.29, 1.82) is 0 Å². The molecule has 192 valence electrons. The number of methoxy groups -OCH3 is 1. The van der Waals surface area contributed by atoms with Gasteiger partial charge in [-0.05, 0) is 54.5 Å². The molecular weight excluding hydrogens is 455 g/mol. The maximum atomic E-state index is 6.65. The first-order chi connectivity index (χ1) is 16.8. The van der Waals surface area contributed by atoms with Crippen LogP contribution in [0.15, 0.2) is 38.7 Å². The lowest BCUT2D eigenvalue weighted by Gasteiger charge is -2.19. The third-order valence-corrected chi connectivity index (χ3v) is 8.33. The molecule has 0 spiro atoms. The Morgan fingerprint density at radius 1 is 0.800 bits per heavy atom. The molecule has 1 aromatic heterocycles. The van der Waals surface area contributed by atoms with Gasteiger partial charge in [0.25, 0.3) is 0 Å². The summed E-state index contributed by atoms with van der Waals surface area (Å²) in [6.07, 6.45) is 14.1. The van der Waals surface area contributed by atoms with E-state index in [-0.39, 0.29) is 11.5 Å². The topological polar surface area (TPSA) is 44.7 Å². The molecule has 1 heterocycles. The van der Waals surface area contributed by atoms with Crippen molar-refractivity contribution in [2.24, 2.45) is 0 Å². The lowest BCUT2D eigenvalue weighted by molar-refractivity contribution is 0.220. The van der Waals surface area contributed by atoms with Gasteiger partial charge in [0.2, 0.25) is 0 Å². The van der Waals surface area contributed by atoms with Crippen LogP contribution in [0.3, 0.4) is 0 Å². The number of fused-ring (bicyclic) bond motifs is 3. The minimum Gasteiger partial charge on any atom is -0.493 e. The van der Waals surface area contributed by atoms with Gasteiger partial charge in [0, 0.05) is 10.8 Å². The van der Waals surface area contributed by atoms with Gasteiger partial charge in [0.1, 0.15) is 5.58 Å². The van der Waals surface area contributed by atoms with Gasteiger partial charge in [-0.1, -0.05) is 90.7 Å². The maximum Gasteiger partial charge on any atom is 0.387 e. The van der Waals surface area contributed by atoms with Crippen molar-refractivity contribution in [1.82, 2.24) is 0 Å². The van der Waals surface area contributed by atoms with Gasteiger partial charge in [-0.15, -0.1) is 0 Å². The van der Waals surface area contributed by atoms with Crippen LogP contribution in [0, 0.1) is 6.92 Å². The van der Waals surface area contributed by atoms with Gasteiger partial charge in [0.05, 0.1) is 13.2 Å². The van der Waals surface area contributed by atoms with E-state index in [0.717, 1.165) is 46.1 Å². The number of benzene rings is 2. The maximum absolute atomic E-state index is 6.65. The molecule has 0 saturated heterocycles. The average Bonchev–Trinajstić information content (AvgIpc) is 2.95. The second-order valence-corrected chi connectivity index (χ2v) is 12.2. The molecule has 0 N–H and O–H groups in total. The van der Waals surface area contributed by atoms with E-state index < -0.39 is 8.24 Å². The van der Waals surface area contributed by atoms with Crippen molar-refractivity contribution in [2.45, 2.75) is 110 Å². The molecule has 0 radical (unpaired) electrons. The Morgan fingerprint density at radius 3 is 2.03 bits per heavy atom. The van der Waals surface area contributed by atoms with E-state index in [2.05, 4.69) is 52.0 Å². The van der Waals surface area contributed by atoms with Gasteiger partial charge in [0.15, 0.2) is 11.3 Å². The lowest BCUT2D eigenvalue weighted by Crippen LogP contribution is -2.15. The summed E-state index contributed by atoms with van der Waals surface area (Å²) in [7, 11) is 0.0961. The lowest BCUT2D eigenvalue weighted by atomic mass is 9.86. The molecule has 4 rings (SSSR count). The fourth-order valence-electron chi connectivity index (χ4n) is 5.04. The molecule has 2 aromatic carbocycles. The average molecular weight is 499 g/mol. The van der Waals surface area contributed by atoms with Crippen LogP contribution in [0.25, 0.3) is 21.9 Å². The Balaban J connectivity index is 1.79. The first kappa shape index (κ1) is 26.2. The van der Waals surface area contributed by atoms with Gasteiger partial charge >= 0.3 is 8.24 Å². The monoisotopic (exact) mass is 498 g/mol. The fraction of sp³-hybridized carbons (Fsp3) is 0.600. The van der Waals surface area contributed by atoms with E-state index in [1.54, 1.807) is 7.11 Å². The second-order valence-electron chi connectivity index (χ2n) is 11.2. The molecule has 1 unspecified atom stereocenters. The summed E-state index contributed by atoms with van der Waals surface area (Å²) in [5, 5.41) is 2.03. The molecule has 35 heavy (non-hydrogen) atoms. The van der Waals surface area contributed by atoms with Gasteiger partial charge in [-0.3, -0.25) is 4.52 Å². The predicted molar refractivity (Wildman–Crippen MR) is 147 cm³/mol. The largest absolute Gasteiger partial charge is 0.493 e. The molecule has 1 aliphatic rings. The van der Waals surface area contributed by atoms with Crippen LogP contribution in [0.4, 0.5) is 0 Å². The van der Waals surface area contributed by atoms with E-state index in [9.17, 15) is 0 Å². The van der Waals surface area contributed by atoms with Crippen LogP contribution in [-0.2, 0) is 5.41 Å². The summed E-state index contributed by atoms with van der Waals surface area (Å²) in [6.45, 7) is 8.77. The molecule has 4 nitrogen and oxygen atoms in total. The van der Waals surface area contributed by atoms with Crippen molar-refractivity contribution in [3.63, 3.8) is 0 Å². The molecule has 1 aliphatic carbocycles. The quantitative estimate of drug-likeness (QED) is 0.360. The highest BCUT2D eigenvalue weighted by Crippen LogP contribution is 2.40. The molecule has 3 aromatic rings. The Kier molecular flexibility index (Phi) is 8.89. The van der Waals surface area contributed by atoms with Crippen LogP contribution in [-0.4, -0.2) is 13.2 Å². The smallest absolute Gasteiger partial charge is 0.387 e. The summed E-state index contributed by atoms with van der Waals surface area (Å²) in [5.74, 6) is 0.728. The predicted octanol–water partition coefficient (Wildman–Crippen LogP) is 10.0.